The van der Waals surface area contributed by atoms with Gasteiger partial charge in [0.05, 0.1) is 11.5 Å². The van der Waals surface area contributed by atoms with Crippen LogP contribution in [0.1, 0.15) is 49.7 Å². The summed E-state index contributed by atoms with van der Waals surface area (Å²) >= 11 is 1.68. The zero-order valence-corrected chi connectivity index (χ0v) is 19.7. The highest BCUT2D eigenvalue weighted by Gasteiger charge is 2.42. The fourth-order valence-electron chi connectivity index (χ4n) is 4.71. The summed E-state index contributed by atoms with van der Waals surface area (Å²) in [5.74, 6) is -0.116. The van der Waals surface area contributed by atoms with E-state index in [2.05, 4.69) is 5.32 Å². The van der Waals surface area contributed by atoms with Gasteiger partial charge in [-0.2, -0.15) is 11.8 Å². The number of esters is 1. The first kappa shape index (κ1) is 23.3. The minimum atomic E-state index is -0.780. The second-order valence-electron chi connectivity index (χ2n) is 8.28. The van der Waals surface area contributed by atoms with E-state index < -0.39 is 17.7 Å². The molecule has 2 aliphatic rings. The molecule has 1 aliphatic carbocycles. The van der Waals surface area contributed by atoms with E-state index >= 15 is 0 Å². The highest BCUT2D eigenvalue weighted by molar-refractivity contribution is 7.99. The molecule has 2 atom stereocenters. The summed E-state index contributed by atoms with van der Waals surface area (Å²) in [5.41, 5.74) is 3.59. The van der Waals surface area contributed by atoms with Crippen LogP contribution in [0.15, 0.2) is 77.1 Å². The van der Waals surface area contributed by atoms with Crippen molar-refractivity contribution in [3.8, 4) is 0 Å². The lowest BCUT2D eigenvalue weighted by molar-refractivity contribution is -0.138. The number of carbonyl (C=O) groups is 2. The number of Topliss-reactive ketones (excluding diaryl/α,β-unsaturated/α-hetero) is 1. The molecule has 0 saturated carbocycles. The standard InChI is InChI=1S/C27H28FNO3S/c1-3-33-14-13-32-27(31)24-17(2)29-22-15-19(18-9-5-4-6-10-18)16-23(30)26(22)25(24)20-11-7-8-12-21(20)28/h4-12,19,25,29H,3,13-16H2,1-2H3. The Morgan fingerprint density at radius 1 is 1.12 bits per heavy atom. The normalized spacial score (nSPS) is 20.4. The van der Waals surface area contributed by atoms with Crippen molar-refractivity contribution in [1.29, 1.82) is 0 Å². The summed E-state index contributed by atoms with van der Waals surface area (Å²) in [4.78, 5) is 26.6. The van der Waals surface area contributed by atoms with Crippen LogP contribution >= 0.6 is 11.8 Å². The number of allylic oxidation sites excluding steroid dienone is 3. The van der Waals surface area contributed by atoms with Crippen molar-refractivity contribution in [2.24, 2.45) is 0 Å². The SMILES string of the molecule is CCSCCOC(=O)C1=C(C)NC2=C(C(=O)CC(c3ccccc3)C2)C1c1ccccc1F. The van der Waals surface area contributed by atoms with Gasteiger partial charge < -0.3 is 10.1 Å². The maximum absolute atomic E-state index is 15.0. The van der Waals surface area contributed by atoms with E-state index in [1.807, 2.05) is 37.3 Å². The van der Waals surface area contributed by atoms with Crippen molar-refractivity contribution in [3.63, 3.8) is 0 Å². The molecule has 2 aromatic rings. The Labute approximate surface area is 198 Å². The summed E-state index contributed by atoms with van der Waals surface area (Å²) in [6.45, 7) is 4.11. The third-order valence-electron chi connectivity index (χ3n) is 6.20. The van der Waals surface area contributed by atoms with Gasteiger partial charge in [-0.3, -0.25) is 4.79 Å². The first-order valence-corrected chi connectivity index (χ1v) is 12.4. The first-order chi connectivity index (χ1) is 16.0. The fraction of sp³-hybridized carbons (Fsp3) is 0.333. The maximum Gasteiger partial charge on any atom is 0.336 e. The van der Waals surface area contributed by atoms with Crippen LogP contribution in [0, 0.1) is 5.82 Å². The largest absolute Gasteiger partial charge is 0.461 e. The van der Waals surface area contributed by atoms with Crippen LogP contribution in [-0.2, 0) is 14.3 Å². The topological polar surface area (TPSA) is 55.4 Å². The summed E-state index contributed by atoms with van der Waals surface area (Å²) in [5, 5.41) is 3.31. The molecule has 0 aromatic heterocycles. The van der Waals surface area contributed by atoms with Crippen LogP contribution < -0.4 is 5.32 Å². The van der Waals surface area contributed by atoms with E-state index in [1.54, 1.807) is 36.9 Å². The number of rotatable bonds is 7. The van der Waals surface area contributed by atoms with E-state index in [4.69, 9.17) is 4.74 Å². The van der Waals surface area contributed by atoms with Gasteiger partial charge in [-0.25, -0.2) is 9.18 Å². The molecule has 33 heavy (non-hydrogen) atoms. The number of thioether (sulfide) groups is 1. The molecule has 2 unspecified atom stereocenters. The van der Waals surface area contributed by atoms with E-state index in [0.717, 1.165) is 17.0 Å². The van der Waals surface area contributed by atoms with Crippen molar-refractivity contribution in [3.05, 3.63) is 94.1 Å². The molecule has 0 fully saturated rings. The average molecular weight is 466 g/mol. The molecule has 4 rings (SSSR count). The van der Waals surface area contributed by atoms with E-state index in [9.17, 15) is 14.0 Å². The summed E-state index contributed by atoms with van der Waals surface area (Å²) < 4.78 is 20.5. The first-order valence-electron chi connectivity index (χ1n) is 11.3. The third kappa shape index (κ3) is 4.91. The lowest BCUT2D eigenvalue weighted by Gasteiger charge is -2.36. The van der Waals surface area contributed by atoms with Crippen LogP contribution in [0.4, 0.5) is 4.39 Å². The van der Waals surface area contributed by atoms with Gasteiger partial charge >= 0.3 is 5.97 Å². The monoisotopic (exact) mass is 465 g/mol. The summed E-state index contributed by atoms with van der Waals surface area (Å²) in [7, 11) is 0. The molecule has 0 saturated heterocycles. The van der Waals surface area contributed by atoms with Crippen molar-refractivity contribution in [1.82, 2.24) is 5.32 Å². The predicted molar refractivity (Wildman–Crippen MR) is 129 cm³/mol. The smallest absolute Gasteiger partial charge is 0.336 e. The van der Waals surface area contributed by atoms with Crippen molar-refractivity contribution in [2.75, 3.05) is 18.1 Å². The molecule has 2 aromatic carbocycles. The number of nitrogens with one attached hydrogen (secondary N) is 1. The molecule has 0 amide bonds. The number of hydrogen-bond donors (Lipinski definition) is 1. The average Bonchev–Trinajstić information content (AvgIpc) is 2.81. The van der Waals surface area contributed by atoms with Crippen LogP contribution in [0.5, 0.6) is 0 Å². The van der Waals surface area contributed by atoms with Gasteiger partial charge in [-0.05, 0) is 36.6 Å². The molecule has 0 bridgehead atoms. The number of dihydropyridines is 1. The second kappa shape index (κ2) is 10.4. The number of benzene rings is 2. The maximum atomic E-state index is 15.0. The molecule has 172 valence electrons. The fourth-order valence-corrected chi connectivity index (χ4v) is 5.20. The minimum Gasteiger partial charge on any atom is -0.461 e. The zero-order chi connectivity index (χ0) is 23.4. The quantitative estimate of drug-likeness (QED) is 0.433. The number of hydrogen-bond acceptors (Lipinski definition) is 5. The van der Waals surface area contributed by atoms with E-state index in [1.165, 1.54) is 6.07 Å². The lowest BCUT2D eigenvalue weighted by Crippen LogP contribution is -2.36. The molecule has 1 aliphatic heterocycles. The number of ketones is 1. The van der Waals surface area contributed by atoms with Crippen LogP contribution in [0.25, 0.3) is 0 Å². The molecular formula is C27H28FNO3S. The Morgan fingerprint density at radius 3 is 2.58 bits per heavy atom. The number of halogens is 1. The molecule has 4 nitrogen and oxygen atoms in total. The Bertz CT molecular complexity index is 1110. The number of ether oxygens (including phenoxy) is 1. The molecule has 1 heterocycles. The van der Waals surface area contributed by atoms with Crippen LogP contribution in [-0.4, -0.2) is 29.9 Å². The molecule has 6 heteroatoms. The second-order valence-corrected chi connectivity index (χ2v) is 9.68. The minimum absolute atomic E-state index is 0.0404. The van der Waals surface area contributed by atoms with Crippen molar-refractivity contribution < 1.29 is 18.7 Å². The van der Waals surface area contributed by atoms with Gasteiger partial charge in [0.25, 0.3) is 0 Å². The summed E-state index contributed by atoms with van der Waals surface area (Å²) in [6.07, 6.45) is 0.951. The summed E-state index contributed by atoms with van der Waals surface area (Å²) in [6, 6.07) is 16.3. The Hall–Kier alpha value is -2.86. The Balaban J connectivity index is 1.73. The highest BCUT2D eigenvalue weighted by Crippen LogP contribution is 2.46. The van der Waals surface area contributed by atoms with Crippen molar-refractivity contribution >= 4 is 23.5 Å². The van der Waals surface area contributed by atoms with Crippen molar-refractivity contribution in [2.45, 2.75) is 38.5 Å². The Kier molecular flexibility index (Phi) is 7.33. The lowest BCUT2D eigenvalue weighted by atomic mass is 9.71. The van der Waals surface area contributed by atoms with E-state index in [-0.39, 0.29) is 18.3 Å². The zero-order valence-electron chi connectivity index (χ0n) is 18.9. The molecule has 0 radical (unpaired) electrons. The van der Waals surface area contributed by atoms with Gasteiger partial charge in [0.15, 0.2) is 5.78 Å². The number of carbonyl (C=O) groups excluding carboxylic acids is 2. The third-order valence-corrected chi connectivity index (χ3v) is 7.06. The van der Waals surface area contributed by atoms with Crippen LogP contribution in [0.2, 0.25) is 0 Å². The van der Waals surface area contributed by atoms with Crippen LogP contribution in [0.3, 0.4) is 0 Å². The predicted octanol–water partition coefficient (Wildman–Crippen LogP) is 5.48. The van der Waals surface area contributed by atoms with Gasteiger partial charge in [0.2, 0.25) is 0 Å². The molecule has 0 spiro atoms. The van der Waals surface area contributed by atoms with Gasteiger partial charge in [0.1, 0.15) is 12.4 Å². The van der Waals surface area contributed by atoms with Gasteiger partial charge in [-0.15, -0.1) is 0 Å². The Morgan fingerprint density at radius 2 is 1.85 bits per heavy atom. The molecule has 1 N–H and O–H groups in total. The van der Waals surface area contributed by atoms with Gasteiger partial charge in [0, 0.05) is 34.7 Å². The van der Waals surface area contributed by atoms with Gasteiger partial charge in [-0.1, -0.05) is 55.5 Å². The highest BCUT2D eigenvalue weighted by atomic mass is 32.2. The molecular weight excluding hydrogens is 437 g/mol. The van der Waals surface area contributed by atoms with E-state index in [0.29, 0.717) is 41.0 Å².